The molecule has 2 heterocycles. The summed E-state index contributed by atoms with van der Waals surface area (Å²) < 4.78 is 4.28. The molecule has 1 unspecified atom stereocenters. The summed E-state index contributed by atoms with van der Waals surface area (Å²) in [6.07, 6.45) is 2.44. The quantitative estimate of drug-likeness (QED) is 0.470. The second-order valence-electron chi connectivity index (χ2n) is 3.61. The van der Waals surface area contributed by atoms with Gasteiger partial charge in [0.05, 0.1) is 0 Å². The number of nitrogens with zero attached hydrogens (tertiary/aromatic N) is 1. The van der Waals surface area contributed by atoms with Gasteiger partial charge in [0.2, 0.25) is 0 Å². The van der Waals surface area contributed by atoms with E-state index in [0.29, 0.717) is 5.25 Å². The number of thiol groups is 1. The van der Waals surface area contributed by atoms with Crippen LogP contribution in [0.2, 0.25) is 0 Å². The topological polar surface area (TPSA) is 32.8 Å². The van der Waals surface area contributed by atoms with E-state index in [1.54, 1.807) is 6.92 Å². The van der Waals surface area contributed by atoms with Gasteiger partial charge in [-0.2, -0.15) is 12.6 Å². The van der Waals surface area contributed by atoms with E-state index in [-0.39, 0.29) is 12.1 Å². The van der Waals surface area contributed by atoms with Gasteiger partial charge < -0.3 is 9.64 Å². The van der Waals surface area contributed by atoms with Gasteiger partial charge in [-0.05, 0) is 39.9 Å². The number of carbonyl (C=O) groups excluding carboxylic acids is 1. The first-order chi connectivity index (χ1) is 6.09. The summed E-state index contributed by atoms with van der Waals surface area (Å²) in [6, 6.07) is 0. The smallest absolute Gasteiger partial charge is 0.347 e. The van der Waals surface area contributed by atoms with Gasteiger partial charge in [-0.1, -0.05) is 0 Å². The Morgan fingerprint density at radius 3 is 2.08 bits per heavy atom. The fourth-order valence-electron chi connectivity index (χ4n) is 1.14. The highest BCUT2D eigenvalue weighted by atomic mass is 32.1. The zero-order valence-corrected chi connectivity index (χ0v) is 9.09. The van der Waals surface area contributed by atoms with E-state index in [0.717, 1.165) is 0 Å². The van der Waals surface area contributed by atoms with Gasteiger partial charge >= 0.3 is 5.97 Å². The van der Waals surface area contributed by atoms with E-state index in [2.05, 4.69) is 29.3 Å². The second kappa shape index (κ2) is 4.86. The number of likely N-dealkylation sites (tertiary alicyclic amines) is 1. The largest absolute Gasteiger partial charge is 0.448 e. The molecule has 2 saturated heterocycles. The highest BCUT2D eigenvalue weighted by molar-refractivity contribution is 7.80. The van der Waals surface area contributed by atoms with Crippen molar-refractivity contribution >= 4 is 18.6 Å². The number of hydrogen-bond donors (Lipinski definition) is 1. The molecular formula is C9H17NO2S. The lowest BCUT2D eigenvalue weighted by Gasteiger charge is -2.25. The third-order valence-electron chi connectivity index (χ3n) is 2.26. The Bertz CT molecular complexity index is 168. The van der Waals surface area contributed by atoms with Crippen LogP contribution < -0.4 is 0 Å². The van der Waals surface area contributed by atoms with Crippen molar-refractivity contribution < 1.29 is 9.53 Å². The van der Waals surface area contributed by atoms with Crippen molar-refractivity contribution in [3.8, 4) is 0 Å². The first-order valence-corrected chi connectivity index (χ1v) is 5.18. The van der Waals surface area contributed by atoms with Crippen LogP contribution >= 0.6 is 12.6 Å². The van der Waals surface area contributed by atoms with Crippen molar-refractivity contribution in [2.75, 3.05) is 20.1 Å². The number of hydrogen-bond acceptors (Lipinski definition) is 4. The molecule has 2 aliphatic heterocycles. The number of ether oxygens (including phenoxy) is 1. The van der Waals surface area contributed by atoms with Gasteiger partial charge in [-0.15, -0.1) is 0 Å². The molecule has 4 heteroatoms. The zero-order chi connectivity index (χ0) is 9.84. The van der Waals surface area contributed by atoms with Gasteiger partial charge in [0.25, 0.3) is 0 Å². The number of carbonyl (C=O) groups is 1. The molecule has 13 heavy (non-hydrogen) atoms. The van der Waals surface area contributed by atoms with Crippen molar-refractivity contribution in [1.82, 2.24) is 4.90 Å². The van der Waals surface area contributed by atoms with Gasteiger partial charge in [-0.3, -0.25) is 0 Å². The van der Waals surface area contributed by atoms with Crippen LogP contribution in [0.25, 0.3) is 0 Å². The number of cyclic esters (lactones) is 1. The molecule has 0 aliphatic carbocycles. The lowest BCUT2D eigenvalue weighted by Crippen LogP contribution is -2.30. The van der Waals surface area contributed by atoms with Crippen LogP contribution in [0.3, 0.4) is 0 Å². The van der Waals surface area contributed by atoms with E-state index < -0.39 is 0 Å². The maximum atomic E-state index is 9.66. The van der Waals surface area contributed by atoms with Gasteiger partial charge in [0.1, 0.15) is 0 Å². The van der Waals surface area contributed by atoms with E-state index in [1.807, 2.05) is 0 Å². The van der Waals surface area contributed by atoms with E-state index in [1.165, 1.54) is 25.9 Å². The van der Waals surface area contributed by atoms with Crippen LogP contribution in [0.15, 0.2) is 0 Å². The molecule has 76 valence electrons. The molecule has 0 aromatic heterocycles. The molecule has 0 N–H and O–H groups in total. The predicted octanol–water partition coefficient (Wildman–Crippen LogP) is 0.942. The molecule has 0 saturated carbocycles. The predicted molar refractivity (Wildman–Crippen MR) is 55.1 cm³/mol. The van der Waals surface area contributed by atoms with Crippen molar-refractivity contribution in [3.63, 3.8) is 0 Å². The first kappa shape index (κ1) is 10.9. The van der Waals surface area contributed by atoms with Crippen molar-refractivity contribution in [1.29, 1.82) is 0 Å². The number of rotatable bonds is 0. The van der Waals surface area contributed by atoms with Crippen molar-refractivity contribution in [3.05, 3.63) is 0 Å². The molecule has 2 fully saturated rings. The standard InChI is InChI=1S/C6H13NS.C3H4O2/c1-7-4-2-6(8)3-5-7;1-2-3(4)5-2/h6,8H,2-5H2,1H3;2H,1H3. The Balaban J connectivity index is 0.000000145. The van der Waals surface area contributed by atoms with Crippen LogP contribution in [0, 0.1) is 0 Å². The summed E-state index contributed by atoms with van der Waals surface area (Å²) in [4.78, 5) is 12.0. The Hall–Kier alpha value is -0.220. The molecular weight excluding hydrogens is 186 g/mol. The van der Waals surface area contributed by atoms with Gasteiger partial charge in [-0.25, -0.2) is 4.79 Å². The third kappa shape index (κ3) is 4.52. The Labute approximate surface area is 84.8 Å². The first-order valence-electron chi connectivity index (χ1n) is 4.66. The van der Waals surface area contributed by atoms with Crippen LogP contribution in [-0.4, -0.2) is 42.4 Å². The third-order valence-corrected chi connectivity index (χ3v) is 2.77. The van der Waals surface area contributed by atoms with Crippen LogP contribution in [-0.2, 0) is 9.53 Å². The second-order valence-corrected chi connectivity index (χ2v) is 4.34. The molecule has 1 atom stereocenters. The highest BCUT2D eigenvalue weighted by Crippen LogP contribution is 2.12. The Morgan fingerprint density at radius 2 is 1.85 bits per heavy atom. The lowest BCUT2D eigenvalue weighted by atomic mass is 10.1. The van der Waals surface area contributed by atoms with Crippen LogP contribution in [0.5, 0.6) is 0 Å². The minimum absolute atomic E-state index is 0.0787. The minimum Gasteiger partial charge on any atom is -0.448 e. The average Bonchev–Trinajstić information content (AvgIpc) is 2.72. The number of epoxide rings is 1. The number of piperidine rings is 1. The van der Waals surface area contributed by atoms with E-state index in [9.17, 15) is 4.79 Å². The molecule has 2 aliphatic rings. The fourth-order valence-corrected chi connectivity index (χ4v) is 1.37. The molecule has 0 spiro atoms. The SMILES string of the molecule is CC1OC1=O.CN1CCC(S)CC1. The summed E-state index contributed by atoms with van der Waals surface area (Å²) in [6.45, 7) is 4.19. The summed E-state index contributed by atoms with van der Waals surface area (Å²) in [7, 11) is 2.17. The van der Waals surface area contributed by atoms with E-state index >= 15 is 0 Å². The maximum Gasteiger partial charge on any atom is 0.347 e. The van der Waals surface area contributed by atoms with Crippen molar-refractivity contribution in [2.24, 2.45) is 0 Å². The highest BCUT2D eigenvalue weighted by Gasteiger charge is 2.31. The van der Waals surface area contributed by atoms with Crippen molar-refractivity contribution in [2.45, 2.75) is 31.1 Å². The fraction of sp³-hybridized carbons (Fsp3) is 0.889. The summed E-state index contributed by atoms with van der Waals surface area (Å²) in [5, 5.41) is 0.672. The lowest BCUT2D eigenvalue weighted by molar-refractivity contribution is -0.117. The molecule has 0 aromatic carbocycles. The minimum atomic E-state index is -0.0880. The zero-order valence-electron chi connectivity index (χ0n) is 8.19. The Morgan fingerprint density at radius 1 is 1.46 bits per heavy atom. The molecule has 3 nitrogen and oxygen atoms in total. The summed E-state index contributed by atoms with van der Waals surface area (Å²) in [5.74, 6) is -0.0787. The summed E-state index contributed by atoms with van der Waals surface area (Å²) >= 11 is 4.38. The van der Waals surface area contributed by atoms with Gasteiger partial charge in [0, 0.05) is 5.25 Å². The monoisotopic (exact) mass is 203 g/mol. The molecule has 2 rings (SSSR count). The van der Waals surface area contributed by atoms with Crippen LogP contribution in [0.4, 0.5) is 0 Å². The van der Waals surface area contributed by atoms with Crippen LogP contribution in [0.1, 0.15) is 19.8 Å². The van der Waals surface area contributed by atoms with Gasteiger partial charge in [0.15, 0.2) is 6.10 Å². The van der Waals surface area contributed by atoms with E-state index in [4.69, 9.17) is 0 Å². The Kier molecular flexibility index (Phi) is 4.06. The molecule has 0 aromatic rings. The normalized spacial score (nSPS) is 28.8. The maximum absolute atomic E-state index is 9.66. The molecule has 0 radical (unpaired) electrons. The molecule has 0 amide bonds. The molecule has 0 bridgehead atoms. The average molecular weight is 203 g/mol. The summed E-state index contributed by atoms with van der Waals surface area (Å²) in [5.41, 5.74) is 0.